The van der Waals surface area contributed by atoms with E-state index in [4.69, 9.17) is 5.73 Å². The van der Waals surface area contributed by atoms with Crippen LogP contribution in [0.2, 0.25) is 0 Å². The molecule has 0 bridgehead atoms. The number of nitrogens with two attached hydrogens (primary N) is 1. The minimum atomic E-state index is -0.621. The number of aromatic nitrogens is 2. The van der Waals surface area contributed by atoms with E-state index < -0.39 is 23.2 Å². The summed E-state index contributed by atoms with van der Waals surface area (Å²) in [6, 6.07) is 2.02. The molecule has 2 aliphatic rings. The first-order chi connectivity index (χ1) is 14.8. The molecular weight excluding hydrogens is 417 g/mol. The first-order valence-corrected chi connectivity index (χ1v) is 11.6. The van der Waals surface area contributed by atoms with E-state index in [1.165, 1.54) is 11.3 Å². The van der Waals surface area contributed by atoms with Crippen LogP contribution in [0.15, 0.2) is 15.7 Å². The molecule has 2 heterocycles. The second-order valence-electron chi connectivity index (χ2n) is 8.81. The zero-order chi connectivity index (χ0) is 22.0. The van der Waals surface area contributed by atoms with E-state index >= 15 is 4.39 Å². The van der Waals surface area contributed by atoms with Crippen molar-refractivity contribution in [2.45, 2.75) is 64.0 Å². The van der Waals surface area contributed by atoms with Gasteiger partial charge < -0.3 is 10.8 Å². The maximum absolute atomic E-state index is 15.7. The lowest BCUT2D eigenvalue weighted by molar-refractivity contribution is 0.142. The van der Waals surface area contributed by atoms with E-state index in [1.807, 2.05) is 6.07 Å². The number of aliphatic hydroxyl groups excluding tert-OH is 1. The number of thiophene rings is 1. The Kier molecular flexibility index (Phi) is 4.91. The predicted octanol–water partition coefficient (Wildman–Crippen LogP) is 3.25. The summed E-state index contributed by atoms with van der Waals surface area (Å²) in [5, 5.41) is 10.7. The molecule has 0 aliphatic heterocycles. The average molecular weight is 444 g/mol. The van der Waals surface area contributed by atoms with Crippen LogP contribution in [0.3, 0.4) is 0 Å². The van der Waals surface area contributed by atoms with Gasteiger partial charge in [0.25, 0.3) is 5.56 Å². The number of aliphatic hydroxyl groups is 1. The Morgan fingerprint density at radius 2 is 2.03 bits per heavy atom. The van der Waals surface area contributed by atoms with Crippen LogP contribution in [0.5, 0.6) is 0 Å². The molecule has 0 amide bonds. The van der Waals surface area contributed by atoms with E-state index in [1.54, 1.807) is 18.4 Å². The van der Waals surface area contributed by atoms with Crippen LogP contribution in [-0.2, 0) is 6.42 Å². The van der Waals surface area contributed by atoms with Crippen LogP contribution in [0.4, 0.5) is 4.39 Å². The van der Waals surface area contributed by atoms with Gasteiger partial charge in [-0.05, 0) is 63.1 Å². The van der Waals surface area contributed by atoms with Gasteiger partial charge >= 0.3 is 5.69 Å². The average Bonchev–Trinajstić information content (AvgIpc) is 3.48. The highest BCUT2D eigenvalue weighted by Gasteiger charge is 2.32. The Bertz CT molecular complexity index is 1320. The second kappa shape index (κ2) is 7.39. The fourth-order valence-corrected chi connectivity index (χ4v) is 6.47. The molecule has 1 fully saturated rings. The number of hydrogen-bond donors (Lipinski definition) is 3. The number of nitrogens with one attached hydrogen (secondary N) is 1. The Morgan fingerprint density at radius 1 is 1.29 bits per heavy atom. The monoisotopic (exact) mass is 443 g/mol. The topological polar surface area (TPSA) is 101 Å². The van der Waals surface area contributed by atoms with Crippen LogP contribution in [0, 0.1) is 19.7 Å². The normalized spacial score (nSPS) is 19.6. The zero-order valence-corrected chi connectivity index (χ0v) is 18.4. The summed E-state index contributed by atoms with van der Waals surface area (Å²) >= 11 is 1.54. The summed E-state index contributed by atoms with van der Waals surface area (Å²) in [7, 11) is 0. The lowest BCUT2D eigenvalue weighted by atomic mass is 9.83. The number of benzene rings is 1. The van der Waals surface area contributed by atoms with Crippen molar-refractivity contribution in [1.82, 2.24) is 9.55 Å². The Balaban J connectivity index is 1.79. The van der Waals surface area contributed by atoms with E-state index in [-0.39, 0.29) is 29.5 Å². The van der Waals surface area contributed by atoms with Crippen molar-refractivity contribution in [2.75, 3.05) is 6.54 Å². The molecule has 6 nitrogen and oxygen atoms in total. The van der Waals surface area contributed by atoms with Gasteiger partial charge in [0.15, 0.2) is 0 Å². The third kappa shape index (κ3) is 3.11. The van der Waals surface area contributed by atoms with Gasteiger partial charge in [0.1, 0.15) is 5.82 Å². The summed E-state index contributed by atoms with van der Waals surface area (Å²) in [5.41, 5.74) is 7.65. The molecule has 3 aromatic rings. The van der Waals surface area contributed by atoms with Crippen LogP contribution < -0.4 is 17.0 Å². The molecule has 0 radical (unpaired) electrons. The van der Waals surface area contributed by atoms with Crippen LogP contribution in [0.1, 0.15) is 59.2 Å². The molecule has 1 aromatic carbocycles. The number of H-pyrrole nitrogens is 1. The molecule has 2 aromatic heterocycles. The third-order valence-electron chi connectivity index (χ3n) is 6.82. The molecule has 2 aliphatic carbocycles. The van der Waals surface area contributed by atoms with E-state index in [2.05, 4.69) is 4.98 Å². The summed E-state index contributed by atoms with van der Waals surface area (Å²) in [4.78, 5) is 29.5. The minimum absolute atomic E-state index is 0.0452. The first-order valence-electron chi connectivity index (χ1n) is 10.8. The van der Waals surface area contributed by atoms with Gasteiger partial charge in [-0.1, -0.05) is 0 Å². The summed E-state index contributed by atoms with van der Waals surface area (Å²) in [6.07, 6.45) is 3.84. The van der Waals surface area contributed by atoms with Gasteiger partial charge in [0, 0.05) is 39.4 Å². The maximum Gasteiger partial charge on any atom is 0.329 e. The number of aryl methyl sites for hydroxylation is 3. The lowest BCUT2D eigenvalue weighted by Gasteiger charge is -2.26. The van der Waals surface area contributed by atoms with Gasteiger partial charge in [-0.3, -0.25) is 14.3 Å². The van der Waals surface area contributed by atoms with Gasteiger partial charge in [0.2, 0.25) is 0 Å². The van der Waals surface area contributed by atoms with Crippen LogP contribution >= 0.6 is 11.3 Å². The second-order valence-corrected chi connectivity index (χ2v) is 9.95. The predicted molar refractivity (Wildman–Crippen MR) is 121 cm³/mol. The number of halogens is 1. The Hall–Kier alpha value is -2.29. The first kappa shape index (κ1) is 20.6. The highest BCUT2D eigenvalue weighted by molar-refractivity contribution is 7.15. The van der Waals surface area contributed by atoms with Crippen molar-refractivity contribution in [3.05, 3.63) is 54.3 Å². The van der Waals surface area contributed by atoms with Gasteiger partial charge in [-0.15, -0.1) is 11.3 Å². The number of nitrogens with zero attached hydrogens (tertiary/aromatic N) is 1. The Morgan fingerprint density at radius 3 is 2.71 bits per heavy atom. The van der Waals surface area contributed by atoms with Crippen molar-refractivity contribution in [1.29, 1.82) is 0 Å². The summed E-state index contributed by atoms with van der Waals surface area (Å²) < 4.78 is 17.3. The molecule has 0 spiro atoms. The molecule has 2 unspecified atom stereocenters. The maximum atomic E-state index is 15.7. The van der Waals surface area contributed by atoms with Crippen molar-refractivity contribution in [3.63, 3.8) is 0 Å². The number of rotatable bonds is 4. The zero-order valence-electron chi connectivity index (χ0n) is 17.6. The standard InChI is InChI=1S/C23H26FN3O3S/c1-10-19-21(27(12-6-7-12)23(30)26-22(19)29)11(2)18(20(10)24)17-8-14-13(15(28)9-25)4-3-5-16(14)31-17/h8,12-13,15,28H,3-7,9,25H2,1-2H3,(H,26,29,30). The number of fused-ring (bicyclic) bond motifs is 2. The van der Waals surface area contributed by atoms with Gasteiger partial charge in [-0.25, -0.2) is 9.18 Å². The SMILES string of the molecule is Cc1c(F)c(-c2cc3c(s2)CCCC3C(O)CN)c(C)c2c1c(=O)[nH]c(=O)n2C1CC1. The Labute approximate surface area is 182 Å². The molecular formula is C23H26FN3O3S. The van der Waals surface area contributed by atoms with E-state index in [0.29, 0.717) is 16.6 Å². The van der Waals surface area contributed by atoms with Crippen molar-refractivity contribution in [2.24, 2.45) is 5.73 Å². The molecule has 0 saturated heterocycles. The third-order valence-corrected chi connectivity index (χ3v) is 8.05. The smallest absolute Gasteiger partial charge is 0.329 e. The van der Waals surface area contributed by atoms with Gasteiger partial charge in [0.05, 0.1) is 17.0 Å². The van der Waals surface area contributed by atoms with Crippen LogP contribution in [0.25, 0.3) is 21.3 Å². The highest BCUT2D eigenvalue weighted by atomic mass is 32.1. The van der Waals surface area contributed by atoms with Gasteiger partial charge in [-0.2, -0.15) is 0 Å². The highest BCUT2D eigenvalue weighted by Crippen LogP contribution is 2.45. The largest absolute Gasteiger partial charge is 0.391 e. The number of hydrogen-bond acceptors (Lipinski definition) is 5. The fraction of sp³-hybridized carbons (Fsp3) is 0.478. The van der Waals surface area contributed by atoms with E-state index in [0.717, 1.165) is 47.4 Å². The van der Waals surface area contributed by atoms with Crippen molar-refractivity contribution >= 4 is 22.2 Å². The molecule has 1 saturated carbocycles. The molecule has 4 N–H and O–H groups in total. The summed E-state index contributed by atoms with van der Waals surface area (Å²) in [5.74, 6) is -0.470. The lowest BCUT2D eigenvalue weighted by Crippen LogP contribution is -2.31. The summed E-state index contributed by atoms with van der Waals surface area (Å²) in [6.45, 7) is 3.59. The van der Waals surface area contributed by atoms with Crippen LogP contribution in [-0.4, -0.2) is 27.3 Å². The number of aromatic amines is 1. The quantitative estimate of drug-likeness (QED) is 0.576. The van der Waals surface area contributed by atoms with Crippen molar-refractivity contribution in [3.8, 4) is 10.4 Å². The minimum Gasteiger partial charge on any atom is -0.391 e. The van der Waals surface area contributed by atoms with Crippen molar-refractivity contribution < 1.29 is 9.50 Å². The fourth-order valence-electron chi connectivity index (χ4n) is 5.10. The molecule has 2 atom stereocenters. The molecule has 5 rings (SSSR count). The molecule has 8 heteroatoms. The molecule has 31 heavy (non-hydrogen) atoms. The molecule has 164 valence electrons. The van der Waals surface area contributed by atoms with E-state index in [9.17, 15) is 14.7 Å².